The average molecular weight is 473 g/mol. The van der Waals surface area contributed by atoms with Crippen molar-refractivity contribution in [3.8, 4) is 5.69 Å². The number of nitro groups is 1. The van der Waals surface area contributed by atoms with Crippen LogP contribution in [-0.2, 0) is 6.18 Å². The zero-order chi connectivity index (χ0) is 24.5. The van der Waals surface area contributed by atoms with Crippen LogP contribution in [0.5, 0.6) is 0 Å². The van der Waals surface area contributed by atoms with E-state index in [2.05, 4.69) is 5.10 Å². The number of benzene rings is 2. The number of amides is 2. The molecule has 12 heteroatoms. The molecule has 176 valence electrons. The topological polar surface area (TPSA) is 102 Å². The summed E-state index contributed by atoms with van der Waals surface area (Å²) in [5.41, 5.74) is -1.02. The number of non-ortho nitro benzene ring substituents is 1. The Morgan fingerprint density at radius 1 is 0.912 bits per heavy atom. The molecule has 2 heterocycles. The minimum atomic E-state index is -4.65. The normalized spacial score (nSPS) is 14.2. The molecule has 0 radical (unpaired) electrons. The lowest BCUT2D eigenvalue weighted by Crippen LogP contribution is -2.51. The van der Waals surface area contributed by atoms with Crippen LogP contribution in [0.25, 0.3) is 5.69 Å². The molecule has 1 aliphatic heterocycles. The van der Waals surface area contributed by atoms with Crippen molar-refractivity contribution >= 4 is 17.5 Å². The molecule has 0 bridgehead atoms. The van der Waals surface area contributed by atoms with Crippen molar-refractivity contribution < 1.29 is 27.7 Å². The maximum Gasteiger partial charge on any atom is 0.417 e. The monoisotopic (exact) mass is 473 g/mol. The van der Waals surface area contributed by atoms with Crippen molar-refractivity contribution in [1.82, 2.24) is 19.6 Å². The Morgan fingerprint density at radius 3 is 2.21 bits per heavy atom. The molecule has 0 aliphatic carbocycles. The number of piperazine rings is 1. The van der Waals surface area contributed by atoms with Crippen molar-refractivity contribution in [2.24, 2.45) is 0 Å². The number of nitrogens with zero attached hydrogens (tertiary/aromatic N) is 5. The van der Waals surface area contributed by atoms with Gasteiger partial charge < -0.3 is 9.80 Å². The third-order valence-corrected chi connectivity index (χ3v) is 5.43. The fraction of sp³-hybridized carbons (Fsp3) is 0.227. The molecular formula is C22H18F3N5O4. The Balaban J connectivity index is 1.43. The Labute approximate surface area is 191 Å². The molecule has 0 atom stereocenters. The lowest BCUT2D eigenvalue weighted by atomic mass is 10.1. The van der Waals surface area contributed by atoms with E-state index in [1.165, 1.54) is 57.1 Å². The van der Waals surface area contributed by atoms with E-state index in [4.69, 9.17) is 0 Å². The van der Waals surface area contributed by atoms with Crippen LogP contribution in [0.4, 0.5) is 18.9 Å². The highest BCUT2D eigenvalue weighted by atomic mass is 19.4. The van der Waals surface area contributed by atoms with Crippen LogP contribution in [0, 0.1) is 10.1 Å². The van der Waals surface area contributed by atoms with Gasteiger partial charge in [-0.3, -0.25) is 19.7 Å². The standard InChI is InChI=1S/C22H18F3N5O4/c23-22(24,25)18-7-2-1-6-17(18)20(31)27-10-12-28(13-11-27)21(32)19-8-9-29(26-19)15-4-3-5-16(14-15)30(33)34/h1-9,14H,10-13H2. The summed E-state index contributed by atoms with van der Waals surface area (Å²) < 4.78 is 41.1. The van der Waals surface area contributed by atoms with Gasteiger partial charge in [-0.15, -0.1) is 0 Å². The second-order valence-corrected chi connectivity index (χ2v) is 7.55. The molecule has 34 heavy (non-hydrogen) atoms. The van der Waals surface area contributed by atoms with Gasteiger partial charge in [-0.1, -0.05) is 18.2 Å². The zero-order valence-electron chi connectivity index (χ0n) is 17.6. The van der Waals surface area contributed by atoms with E-state index in [-0.39, 0.29) is 37.6 Å². The predicted molar refractivity (Wildman–Crippen MR) is 113 cm³/mol. The fourth-order valence-corrected chi connectivity index (χ4v) is 3.69. The van der Waals surface area contributed by atoms with Crippen LogP contribution in [0.2, 0.25) is 0 Å². The van der Waals surface area contributed by atoms with Crippen LogP contribution < -0.4 is 0 Å². The minimum Gasteiger partial charge on any atom is -0.335 e. The van der Waals surface area contributed by atoms with Gasteiger partial charge >= 0.3 is 6.18 Å². The molecule has 4 rings (SSSR count). The second kappa shape index (κ2) is 8.96. The molecule has 1 aliphatic rings. The molecule has 0 N–H and O–H groups in total. The number of hydrogen-bond donors (Lipinski definition) is 0. The molecule has 0 spiro atoms. The number of halogens is 3. The van der Waals surface area contributed by atoms with E-state index >= 15 is 0 Å². The highest BCUT2D eigenvalue weighted by molar-refractivity contribution is 5.96. The number of rotatable bonds is 4. The number of alkyl halides is 3. The molecule has 9 nitrogen and oxygen atoms in total. The molecule has 1 saturated heterocycles. The summed E-state index contributed by atoms with van der Waals surface area (Å²) in [7, 11) is 0. The Morgan fingerprint density at radius 2 is 1.56 bits per heavy atom. The van der Waals surface area contributed by atoms with Crippen LogP contribution in [0.1, 0.15) is 26.4 Å². The van der Waals surface area contributed by atoms with Crippen LogP contribution in [0.3, 0.4) is 0 Å². The number of carbonyl (C=O) groups excluding carboxylic acids is 2. The van der Waals surface area contributed by atoms with Gasteiger partial charge in [0.15, 0.2) is 5.69 Å². The molecule has 2 amide bonds. The highest BCUT2D eigenvalue weighted by Gasteiger charge is 2.36. The molecule has 1 aromatic heterocycles. The Bertz CT molecular complexity index is 1250. The first-order valence-corrected chi connectivity index (χ1v) is 10.2. The first kappa shape index (κ1) is 23.0. The average Bonchev–Trinajstić information content (AvgIpc) is 3.33. The van der Waals surface area contributed by atoms with E-state index in [0.717, 1.165) is 12.1 Å². The smallest absolute Gasteiger partial charge is 0.335 e. The minimum absolute atomic E-state index is 0.0718. The van der Waals surface area contributed by atoms with Gasteiger partial charge in [0, 0.05) is 44.5 Å². The summed E-state index contributed by atoms with van der Waals surface area (Å²) >= 11 is 0. The lowest BCUT2D eigenvalue weighted by Gasteiger charge is -2.34. The molecular weight excluding hydrogens is 455 g/mol. The van der Waals surface area contributed by atoms with Crippen molar-refractivity contribution in [2.75, 3.05) is 26.2 Å². The lowest BCUT2D eigenvalue weighted by molar-refractivity contribution is -0.384. The third kappa shape index (κ3) is 4.60. The fourth-order valence-electron chi connectivity index (χ4n) is 3.69. The number of carbonyl (C=O) groups is 2. The summed E-state index contributed by atoms with van der Waals surface area (Å²) in [6, 6.07) is 11.9. The summed E-state index contributed by atoms with van der Waals surface area (Å²) in [6.07, 6.45) is -3.15. The van der Waals surface area contributed by atoms with E-state index in [9.17, 15) is 32.9 Å². The Kier molecular flexibility index (Phi) is 6.05. The molecule has 0 saturated carbocycles. The van der Waals surface area contributed by atoms with Crippen molar-refractivity contribution in [3.63, 3.8) is 0 Å². The Hall–Kier alpha value is -4.22. The van der Waals surface area contributed by atoms with E-state index < -0.39 is 34.0 Å². The van der Waals surface area contributed by atoms with Gasteiger partial charge in [-0.05, 0) is 24.3 Å². The zero-order valence-corrected chi connectivity index (χ0v) is 17.6. The number of nitro benzene ring substituents is 1. The largest absolute Gasteiger partial charge is 0.417 e. The summed E-state index contributed by atoms with van der Waals surface area (Å²) in [4.78, 5) is 38.7. The predicted octanol–water partition coefficient (Wildman–Crippen LogP) is 3.40. The first-order valence-electron chi connectivity index (χ1n) is 10.2. The summed E-state index contributed by atoms with van der Waals surface area (Å²) in [6.45, 7) is 0.398. The molecule has 3 aromatic rings. The maximum absolute atomic E-state index is 13.3. The van der Waals surface area contributed by atoms with Crippen LogP contribution >= 0.6 is 0 Å². The van der Waals surface area contributed by atoms with E-state index in [1.807, 2.05) is 0 Å². The summed E-state index contributed by atoms with van der Waals surface area (Å²) in [5.74, 6) is -1.15. The van der Waals surface area contributed by atoms with Crippen molar-refractivity contribution in [3.05, 3.63) is 87.7 Å². The van der Waals surface area contributed by atoms with E-state index in [1.54, 1.807) is 6.07 Å². The van der Waals surface area contributed by atoms with E-state index in [0.29, 0.717) is 5.69 Å². The quantitative estimate of drug-likeness (QED) is 0.427. The van der Waals surface area contributed by atoms with Gasteiger partial charge in [-0.2, -0.15) is 18.3 Å². The van der Waals surface area contributed by atoms with Gasteiger partial charge in [0.2, 0.25) is 0 Å². The molecule has 2 aromatic carbocycles. The van der Waals surface area contributed by atoms with Gasteiger partial charge in [0.25, 0.3) is 17.5 Å². The van der Waals surface area contributed by atoms with Crippen LogP contribution in [0.15, 0.2) is 60.8 Å². The first-order chi connectivity index (χ1) is 16.1. The highest BCUT2D eigenvalue weighted by Crippen LogP contribution is 2.32. The maximum atomic E-state index is 13.3. The second-order valence-electron chi connectivity index (χ2n) is 7.55. The summed E-state index contributed by atoms with van der Waals surface area (Å²) in [5, 5.41) is 15.2. The van der Waals surface area contributed by atoms with Gasteiger partial charge in [-0.25, -0.2) is 4.68 Å². The number of aromatic nitrogens is 2. The third-order valence-electron chi connectivity index (χ3n) is 5.43. The molecule has 1 fully saturated rings. The van der Waals surface area contributed by atoms with Crippen molar-refractivity contribution in [1.29, 1.82) is 0 Å². The van der Waals surface area contributed by atoms with Gasteiger partial charge in [0.1, 0.15) is 0 Å². The number of hydrogen-bond acceptors (Lipinski definition) is 5. The van der Waals surface area contributed by atoms with Gasteiger partial charge in [0.05, 0.1) is 21.7 Å². The van der Waals surface area contributed by atoms with Crippen LogP contribution in [-0.4, -0.2) is 62.5 Å². The molecule has 0 unspecified atom stereocenters. The van der Waals surface area contributed by atoms with Crippen molar-refractivity contribution in [2.45, 2.75) is 6.18 Å². The SMILES string of the molecule is O=C(c1ccn(-c2cccc([N+](=O)[O-])c2)n1)N1CCN(C(=O)c2ccccc2C(F)(F)F)CC1.